The molecule has 5 rings (SSSR count). The normalized spacial score (nSPS) is 11.4. The van der Waals surface area contributed by atoms with E-state index in [1.165, 1.54) is 31.4 Å². The van der Waals surface area contributed by atoms with Gasteiger partial charge >= 0.3 is 0 Å². The first-order valence-electron chi connectivity index (χ1n) is 9.97. The zero-order chi connectivity index (χ0) is 20.1. The predicted octanol–water partition coefficient (Wildman–Crippen LogP) is 4.73. The van der Waals surface area contributed by atoms with Crippen LogP contribution < -0.4 is 16.4 Å². The topological polar surface area (TPSA) is 26.3 Å². The van der Waals surface area contributed by atoms with Gasteiger partial charge in [0.2, 0.25) is 0 Å². The highest BCUT2D eigenvalue weighted by atomic mass is 79.9. The number of hydrogen-bond acceptors (Lipinski definition) is 4. The number of benzene rings is 1. The van der Waals surface area contributed by atoms with Gasteiger partial charge in [0, 0.05) is 15.6 Å². The van der Waals surface area contributed by atoms with Crippen LogP contribution in [0.4, 0.5) is 0 Å². The summed E-state index contributed by atoms with van der Waals surface area (Å²) in [6.45, 7) is 6.60. The molecule has 0 aliphatic carbocycles. The number of halogens is 1. The lowest BCUT2D eigenvalue weighted by molar-refractivity contribution is 0.632. The van der Waals surface area contributed by atoms with E-state index < -0.39 is 0 Å². The summed E-state index contributed by atoms with van der Waals surface area (Å²) < 4.78 is 16.2. The fourth-order valence-corrected chi connectivity index (χ4v) is 6.51. The summed E-state index contributed by atoms with van der Waals surface area (Å²) in [5.74, 6) is 1.99. The summed E-state index contributed by atoms with van der Waals surface area (Å²) in [6.07, 6.45) is 0. The third kappa shape index (κ3) is 2.99. The monoisotopic (exact) mass is 478 g/mol. The van der Waals surface area contributed by atoms with Gasteiger partial charge in [-0.3, -0.25) is 0 Å². The highest BCUT2D eigenvalue weighted by Gasteiger charge is 2.23. The van der Waals surface area contributed by atoms with Gasteiger partial charge in [-0.15, -0.1) is 22.7 Å². The Balaban J connectivity index is 1.72. The fourth-order valence-electron chi connectivity index (χ4n) is 4.12. The molecule has 0 fully saturated rings. The first-order valence-corrected chi connectivity index (χ1v) is 12.5. The molecular weight excluding hydrogens is 461 g/mol. The Kier molecular flexibility index (Phi) is 5.05. The van der Waals surface area contributed by atoms with E-state index in [4.69, 9.17) is 8.83 Å². The number of furan rings is 2. The molecule has 0 bridgehead atoms. The lowest BCUT2D eigenvalue weighted by atomic mass is 9.66. The molecule has 0 saturated heterocycles. The van der Waals surface area contributed by atoms with Crippen LogP contribution in [-0.2, 0) is 0 Å². The minimum absolute atomic E-state index is 0.934. The molecule has 8 heteroatoms. The van der Waals surface area contributed by atoms with Gasteiger partial charge in [0.1, 0.15) is 22.7 Å². The average Bonchev–Trinajstić information content (AvgIpc) is 3.47. The second-order valence-electron chi connectivity index (χ2n) is 7.10. The van der Waals surface area contributed by atoms with Gasteiger partial charge < -0.3 is 8.83 Å². The Morgan fingerprint density at radius 1 is 0.759 bits per heavy atom. The van der Waals surface area contributed by atoms with E-state index in [0.29, 0.717) is 0 Å². The Bertz CT molecular complexity index is 1350. The van der Waals surface area contributed by atoms with E-state index >= 15 is 0 Å². The number of fused-ring (bicyclic) bond motifs is 2. The largest absolute Gasteiger partial charge is 0.456 e. The van der Waals surface area contributed by atoms with Crippen LogP contribution in [0.1, 0.15) is 0 Å². The van der Waals surface area contributed by atoms with Crippen molar-refractivity contribution in [3.63, 3.8) is 0 Å². The van der Waals surface area contributed by atoms with Crippen molar-refractivity contribution >= 4 is 97.4 Å². The van der Waals surface area contributed by atoms with Crippen molar-refractivity contribution in [2.24, 2.45) is 0 Å². The van der Waals surface area contributed by atoms with Gasteiger partial charge in [-0.1, -0.05) is 47.9 Å². The molecule has 1 aromatic carbocycles. The SMILES string of the molecule is CBc1cc(-c2oc3ccsc3c2BC)c(Br)cc1-c1oc2ccsc2c1BC. The molecule has 0 atom stereocenters. The van der Waals surface area contributed by atoms with Crippen molar-refractivity contribution < 1.29 is 8.83 Å². The summed E-state index contributed by atoms with van der Waals surface area (Å²) in [5, 5.41) is 4.20. The summed E-state index contributed by atoms with van der Waals surface area (Å²) in [5.41, 5.74) is 8.14. The minimum Gasteiger partial charge on any atom is -0.456 e. The van der Waals surface area contributed by atoms with E-state index in [-0.39, 0.29) is 0 Å². The van der Waals surface area contributed by atoms with Crippen LogP contribution in [0, 0.1) is 0 Å². The molecule has 0 aliphatic rings. The van der Waals surface area contributed by atoms with E-state index in [1.807, 2.05) is 0 Å². The smallest absolute Gasteiger partial charge is 0.161 e. The van der Waals surface area contributed by atoms with Crippen LogP contribution in [0.2, 0.25) is 20.5 Å². The molecule has 2 nitrogen and oxygen atoms in total. The van der Waals surface area contributed by atoms with Crippen molar-refractivity contribution in [2.75, 3.05) is 0 Å². The van der Waals surface area contributed by atoms with Gasteiger partial charge in [-0.05, 0) is 39.9 Å². The van der Waals surface area contributed by atoms with E-state index in [9.17, 15) is 0 Å². The summed E-state index contributed by atoms with van der Waals surface area (Å²) in [7, 11) is 2.84. The highest BCUT2D eigenvalue weighted by molar-refractivity contribution is 9.10. The first-order chi connectivity index (χ1) is 14.2. The maximum absolute atomic E-state index is 6.31. The van der Waals surface area contributed by atoms with Gasteiger partial charge in [-0.2, -0.15) is 0 Å². The summed E-state index contributed by atoms with van der Waals surface area (Å²) >= 11 is 7.35. The van der Waals surface area contributed by atoms with Crippen LogP contribution in [0.15, 0.2) is 48.3 Å². The van der Waals surface area contributed by atoms with Crippen LogP contribution in [0.25, 0.3) is 43.2 Å². The lowest BCUT2D eigenvalue weighted by Gasteiger charge is -2.12. The number of rotatable bonds is 5. The van der Waals surface area contributed by atoms with Crippen molar-refractivity contribution in [2.45, 2.75) is 20.5 Å². The van der Waals surface area contributed by atoms with Crippen LogP contribution in [0.3, 0.4) is 0 Å². The third-order valence-electron chi connectivity index (χ3n) is 5.55. The molecule has 0 unspecified atom stereocenters. The van der Waals surface area contributed by atoms with Crippen molar-refractivity contribution in [1.82, 2.24) is 0 Å². The summed E-state index contributed by atoms with van der Waals surface area (Å²) in [4.78, 5) is 0. The van der Waals surface area contributed by atoms with Crippen LogP contribution in [-0.4, -0.2) is 21.8 Å². The van der Waals surface area contributed by atoms with Gasteiger partial charge in [-0.25, -0.2) is 0 Å². The van der Waals surface area contributed by atoms with E-state index in [2.05, 4.69) is 71.4 Å². The summed E-state index contributed by atoms with van der Waals surface area (Å²) in [6, 6.07) is 8.62. The Morgan fingerprint density at radius 3 is 1.83 bits per heavy atom. The van der Waals surface area contributed by atoms with Crippen LogP contribution >= 0.6 is 38.6 Å². The van der Waals surface area contributed by atoms with Gasteiger partial charge in [0.05, 0.1) is 9.40 Å². The molecule has 0 amide bonds. The van der Waals surface area contributed by atoms with Gasteiger partial charge in [0.15, 0.2) is 21.8 Å². The first kappa shape index (κ1) is 19.3. The van der Waals surface area contributed by atoms with Crippen molar-refractivity contribution in [3.8, 4) is 22.6 Å². The standard InChI is InChI=1S/C21H18B3BrO2S2/c1-22-12-8-11(19-17(24-3)21-15(27-19)5-7-29-21)13(25)9-10(12)18-16(23-2)20-14(26-18)4-6-28-20/h4-9,22-24H,1-3H3. The molecule has 0 N–H and O–H groups in total. The molecule has 0 aliphatic heterocycles. The lowest BCUT2D eigenvalue weighted by Crippen LogP contribution is -2.20. The second-order valence-corrected chi connectivity index (χ2v) is 9.78. The van der Waals surface area contributed by atoms with Gasteiger partial charge in [0.25, 0.3) is 0 Å². The van der Waals surface area contributed by atoms with Crippen molar-refractivity contribution in [1.29, 1.82) is 0 Å². The molecule has 142 valence electrons. The average molecular weight is 479 g/mol. The molecule has 0 spiro atoms. The third-order valence-corrected chi connectivity index (χ3v) is 8.12. The maximum atomic E-state index is 6.31. The zero-order valence-corrected chi connectivity index (χ0v) is 19.8. The second kappa shape index (κ2) is 7.57. The molecule has 0 radical (unpaired) electrons. The van der Waals surface area contributed by atoms with Crippen molar-refractivity contribution in [3.05, 3.63) is 39.5 Å². The van der Waals surface area contributed by atoms with E-state index in [0.717, 1.165) is 54.6 Å². The quantitative estimate of drug-likeness (QED) is 0.341. The minimum atomic E-state index is 0.934. The Labute approximate surface area is 188 Å². The number of hydrogen-bond donors (Lipinski definition) is 0. The molecule has 29 heavy (non-hydrogen) atoms. The Morgan fingerprint density at radius 2 is 1.31 bits per heavy atom. The number of thiophene rings is 2. The molecular formula is C21H18B3BrO2S2. The Hall–Kier alpha value is -1.63. The molecule has 5 aromatic rings. The fraction of sp³-hybridized carbons (Fsp3) is 0.143. The van der Waals surface area contributed by atoms with E-state index in [1.54, 1.807) is 22.7 Å². The highest BCUT2D eigenvalue weighted by Crippen LogP contribution is 2.36. The molecule has 4 aromatic heterocycles. The zero-order valence-electron chi connectivity index (χ0n) is 16.6. The molecule has 4 heterocycles. The predicted molar refractivity (Wildman–Crippen MR) is 138 cm³/mol. The van der Waals surface area contributed by atoms with Crippen LogP contribution in [0.5, 0.6) is 0 Å². The maximum Gasteiger partial charge on any atom is 0.161 e. The molecule has 0 saturated carbocycles.